The Labute approximate surface area is 123 Å². The molecule has 1 saturated heterocycles. The quantitative estimate of drug-likeness (QED) is 0.724. The van der Waals surface area contributed by atoms with Crippen LogP contribution >= 0.6 is 0 Å². The van der Waals surface area contributed by atoms with Crippen LogP contribution in [0.3, 0.4) is 0 Å². The van der Waals surface area contributed by atoms with Crippen LogP contribution in [0.4, 0.5) is 4.79 Å². The Balaban J connectivity index is 1.70. The number of hydrogen-bond acceptors (Lipinski definition) is 5. The van der Waals surface area contributed by atoms with Gasteiger partial charge < -0.3 is 15.5 Å². The number of imide groups is 1. The molecule has 1 aromatic rings. The van der Waals surface area contributed by atoms with E-state index in [1.165, 1.54) is 6.26 Å². The van der Waals surface area contributed by atoms with E-state index in [1.807, 2.05) is 4.90 Å². The number of likely N-dealkylation sites (tertiary alicyclic amines) is 1. The zero-order valence-corrected chi connectivity index (χ0v) is 12.2. The molecule has 0 bridgehead atoms. The van der Waals surface area contributed by atoms with Gasteiger partial charge in [-0.05, 0) is 37.9 Å². The average Bonchev–Trinajstić information content (AvgIpc) is 3.07. The highest BCUT2D eigenvalue weighted by Gasteiger charge is 2.29. The van der Waals surface area contributed by atoms with Gasteiger partial charge in [-0.2, -0.15) is 0 Å². The monoisotopic (exact) mass is 294 g/mol. The fourth-order valence-electron chi connectivity index (χ4n) is 2.58. The Morgan fingerprint density at radius 3 is 2.95 bits per heavy atom. The second kappa shape index (κ2) is 7.24. The number of nitrogens with one attached hydrogen (secondary N) is 2. The largest absolute Gasteiger partial charge is 0.467 e. The minimum Gasteiger partial charge on any atom is -0.467 e. The summed E-state index contributed by atoms with van der Waals surface area (Å²) >= 11 is 0. The second-order valence-electron chi connectivity index (χ2n) is 5.43. The molecular weight excluding hydrogens is 272 g/mol. The van der Waals surface area contributed by atoms with Crippen molar-refractivity contribution in [3.8, 4) is 0 Å². The number of carbonyl (C=O) groups excluding carboxylic acids is 2. The number of hydrogen-bond donors (Lipinski definition) is 3. The molecule has 7 nitrogen and oxygen atoms in total. The Morgan fingerprint density at radius 1 is 1.52 bits per heavy atom. The first kappa shape index (κ1) is 15.5. The summed E-state index contributed by atoms with van der Waals surface area (Å²) in [7, 11) is 0. The van der Waals surface area contributed by atoms with E-state index in [2.05, 4.69) is 17.6 Å². The standard InChI is InChI=1S/C14H22N4O3/c1-10-5-11(6-15)8-18(10)9-13(19)17-14(20)16-7-12-3-2-4-21-12/h2-4,10-11H,5-9,15H2,1H3,(H2,16,17,19,20). The molecule has 3 amide bonds. The maximum Gasteiger partial charge on any atom is 0.321 e. The Morgan fingerprint density at radius 2 is 2.33 bits per heavy atom. The Hall–Kier alpha value is -1.86. The maximum atomic E-state index is 11.8. The highest BCUT2D eigenvalue weighted by molar-refractivity contribution is 5.95. The van der Waals surface area contributed by atoms with E-state index in [-0.39, 0.29) is 19.0 Å². The second-order valence-corrected chi connectivity index (χ2v) is 5.43. The van der Waals surface area contributed by atoms with Crippen molar-refractivity contribution < 1.29 is 14.0 Å². The summed E-state index contributed by atoms with van der Waals surface area (Å²) in [6, 6.07) is 3.29. The fraction of sp³-hybridized carbons (Fsp3) is 0.571. The van der Waals surface area contributed by atoms with Crippen molar-refractivity contribution in [3.63, 3.8) is 0 Å². The van der Waals surface area contributed by atoms with Crippen molar-refractivity contribution in [3.05, 3.63) is 24.2 Å². The van der Waals surface area contributed by atoms with Crippen LogP contribution in [0.1, 0.15) is 19.1 Å². The lowest BCUT2D eigenvalue weighted by atomic mass is 10.1. The third-order valence-corrected chi connectivity index (χ3v) is 3.73. The summed E-state index contributed by atoms with van der Waals surface area (Å²) in [5.41, 5.74) is 5.66. The number of amides is 3. The zero-order chi connectivity index (χ0) is 15.2. The van der Waals surface area contributed by atoms with Crippen molar-refractivity contribution in [2.24, 2.45) is 11.7 Å². The molecule has 0 saturated carbocycles. The van der Waals surface area contributed by atoms with Crippen LogP contribution in [0.5, 0.6) is 0 Å². The highest BCUT2D eigenvalue weighted by atomic mass is 16.3. The molecule has 2 rings (SSSR count). The van der Waals surface area contributed by atoms with Gasteiger partial charge in [-0.3, -0.25) is 15.0 Å². The third kappa shape index (κ3) is 4.57. The summed E-state index contributed by atoms with van der Waals surface area (Å²) in [4.78, 5) is 25.5. The van der Waals surface area contributed by atoms with Crippen LogP contribution in [0.15, 0.2) is 22.8 Å². The topological polar surface area (TPSA) is 101 Å². The average molecular weight is 294 g/mol. The molecule has 1 aliphatic heterocycles. The lowest BCUT2D eigenvalue weighted by molar-refractivity contribution is -0.121. The Kier molecular flexibility index (Phi) is 5.35. The lowest BCUT2D eigenvalue weighted by Gasteiger charge is -2.19. The van der Waals surface area contributed by atoms with Crippen LogP contribution in [0, 0.1) is 5.92 Å². The van der Waals surface area contributed by atoms with Crippen LogP contribution in [0.25, 0.3) is 0 Å². The predicted molar refractivity (Wildman–Crippen MR) is 77.3 cm³/mol. The van der Waals surface area contributed by atoms with Crippen molar-refractivity contribution in [2.45, 2.75) is 25.9 Å². The van der Waals surface area contributed by atoms with Gasteiger partial charge in [0.05, 0.1) is 19.4 Å². The van der Waals surface area contributed by atoms with E-state index in [0.717, 1.165) is 13.0 Å². The third-order valence-electron chi connectivity index (χ3n) is 3.73. The van der Waals surface area contributed by atoms with Gasteiger partial charge in [0.2, 0.25) is 5.91 Å². The van der Waals surface area contributed by atoms with Crippen molar-refractivity contribution in [1.29, 1.82) is 0 Å². The van der Waals surface area contributed by atoms with Gasteiger partial charge in [-0.1, -0.05) is 0 Å². The van der Waals surface area contributed by atoms with Crippen molar-refractivity contribution >= 4 is 11.9 Å². The summed E-state index contributed by atoms with van der Waals surface area (Å²) in [5, 5.41) is 4.89. The first-order valence-corrected chi connectivity index (χ1v) is 7.12. The maximum absolute atomic E-state index is 11.8. The van der Waals surface area contributed by atoms with E-state index in [0.29, 0.717) is 24.3 Å². The number of furan rings is 1. The fourth-order valence-corrected chi connectivity index (χ4v) is 2.58. The first-order chi connectivity index (χ1) is 10.1. The molecule has 2 unspecified atom stereocenters. The van der Waals surface area contributed by atoms with Gasteiger partial charge in [0, 0.05) is 12.6 Å². The molecule has 1 aliphatic rings. The molecule has 116 valence electrons. The van der Waals surface area contributed by atoms with Crippen LogP contribution in [-0.4, -0.2) is 42.5 Å². The van der Waals surface area contributed by atoms with E-state index in [9.17, 15) is 9.59 Å². The summed E-state index contributed by atoms with van der Waals surface area (Å²) in [6.45, 7) is 3.97. The molecule has 4 N–H and O–H groups in total. The van der Waals surface area contributed by atoms with Gasteiger partial charge in [0.25, 0.3) is 0 Å². The number of nitrogens with two attached hydrogens (primary N) is 1. The van der Waals surface area contributed by atoms with Gasteiger partial charge in [0.15, 0.2) is 0 Å². The van der Waals surface area contributed by atoms with Crippen LogP contribution in [-0.2, 0) is 11.3 Å². The Bertz CT molecular complexity index is 475. The molecule has 0 aromatic carbocycles. The highest BCUT2D eigenvalue weighted by Crippen LogP contribution is 2.21. The lowest BCUT2D eigenvalue weighted by Crippen LogP contribution is -2.45. The normalized spacial score (nSPS) is 22.2. The van der Waals surface area contributed by atoms with E-state index < -0.39 is 6.03 Å². The molecule has 1 aromatic heterocycles. The minimum atomic E-state index is -0.515. The minimum absolute atomic E-state index is 0.214. The molecular formula is C14H22N4O3. The molecule has 0 aliphatic carbocycles. The first-order valence-electron chi connectivity index (χ1n) is 7.12. The SMILES string of the molecule is CC1CC(CN)CN1CC(=O)NC(=O)NCc1ccco1. The molecule has 0 radical (unpaired) electrons. The molecule has 1 fully saturated rings. The number of nitrogens with zero attached hydrogens (tertiary/aromatic N) is 1. The summed E-state index contributed by atoms with van der Waals surface area (Å²) in [5.74, 6) is 0.758. The van der Waals surface area contributed by atoms with E-state index in [1.54, 1.807) is 12.1 Å². The van der Waals surface area contributed by atoms with E-state index >= 15 is 0 Å². The zero-order valence-electron chi connectivity index (χ0n) is 12.2. The van der Waals surface area contributed by atoms with Gasteiger partial charge in [-0.15, -0.1) is 0 Å². The predicted octanol–water partition coefficient (Wildman–Crippen LogP) is 0.275. The number of carbonyl (C=O) groups is 2. The molecule has 7 heteroatoms. The smallest absolute Gasteiger partial charge is 0.321 e. The number of rotatable bonds is 5. The van der Waals surface area contributed by atoms with Crippen molar-refractivity contribution in [1.82, 2.24) is 15.5 Å². The van der Waals surface area contributed by atoms with Gasteiger partial charge in [-0.25, -0.2) is 4.79 Å². The summed E-state index contributed by atoms with van der Waals surface area (Å²) < 4.78 is 5.09. The van der Waals surface area contributed by atoms with Crippen molar-refractivity contribution in [2.75, 3.05) is 19.6 Å². The number of urea groups is 1. The summed E-state index contributed by atoms with van der Waals surface area (Å²) in [6.07, 6.45) is 2.52. The molecule has 21 heavy (non-hydrogen) atoms. The van der Waals surface area contributed by atoms with Crippen LogP contribution < -0.4 is 16.4 Å². The van der Waals surface area contributed by atoms with Gasteiger partial charge >= 0.3 is 6.03 Å². The van der Waals surface area contributed by atoms with Crippen LogP contribution in [0.2, 0.25) is 0 Å². The molecule has 2 heterocycles. The molecule has 0 spiro atoms. The molecule has 2 atom stereocenters. The van der Waals surface area contributed by atoms with E-state index in [4.69, 9.17) is 10.2 Å². The van der Waals surface area contributed by atoms with Gasteiger partial charge in [0.1, 0.15) is 5.76 Å².